The fraction of sp³-hybridized carbons (Fsp3) is 0.333. The van der Waals surface area contributed by atoms with Crippen LogP contribution in [0.2, 0.25) is 0 Å². The number of aryl methyl sites for hydroxylation is 4. The third-order valence-electron chi connectivity index (χ3n) is 6.16. The van der Waals surface area contributed by atoms with E-state index in [0.717, 1.165) is 0 Å². The molecule has 2 aromatic rings. The first-order chi connectivity index (χ1) is 11.7. The van der Waals surface area contributed by atoms with E-state index in [4.69, 9.17) is 0 Å². The van der Waals surface area contributed by atoms with Gasteiger partial charge in [0.05, 0.1) is 0 Å². The summed E-state index contributed by atoms with van der Waals surface area (Å²) in [6.45, 7) is 13.9. The van der Waals surface area contributed by atoms with Crippen LogP contribution in [0.25, 0.3) is 12.2 Å². The summed E-state index contributed by atoms with van der Waals surface area (Å²) in [5, 5.41) is 0. The second kappa shape index (κ2) is 7.65. The quantitative estimate of drug-likeness (QED) is 0.343. The molecule has 0 N–H and O–H groups in total. The van der Waals surface area contributed by atoms with Crippen molar-refractivity contribution in [3.8, 4) is 0 Å². The molecule has 0 amide bonds. The molecule has 2 unspecified atom stereocenters. The fourth-order valence-electron chi connectivity index (χ4n) is 4.30. The van der Waals surface area contributed by atoms with Gasteiger partial charge < -0.3 is 0 Å². The molecule has 2 aliphatic rings. The van der Waals surface area contributed by atoms with Gasteiger partial charge in [-0.1, -0.05) is 0 Å². The summed E-state index contributed by atoms with van der Waals surface area (Å²) in [6.07, 6.45) is 9.77. The van der Waals surface area contributed by atoms with Crippen LogP contribution in [0.1, 0.15) is 58.4 Å². The van der Waals surface area contributed by atoms with Crippen LogP contribution in [0.4, 0.5) is 0 Å². The zero-order chi connectivity index (χ0) is 18.0. The van der Waals surface area contributed by atoms with Crippen LogP contribution in [-0.2, 0) is 29.2 Å². The minimum Gasteiger partial charge on any atom is -0.147 e. The molecule has 142 valence electrons. The number of hydrogen-bond donors (Lipinski definition) is 0. The molecule has 0 aliphatic heterocycles. The molecule has 0 saturated heterocycles. The van der Waals surface area contributed by atoms with Crippen molar-refractivity contribution in [2.75, 3.05) is 0 Å². The molecule has 0 aromatic heterocycles. The van der Waals surface area contributed by atoms with Gasteiger partial charge in [-0.05, 0) is 0 Å². The topological polar surface area (TPSA) is 0 Å². The van der Waals surface area contributed by atoms with Crippen LogP contribution in [0, 0.1) is 27.7 Å². The van der Waals surface area contributed by atoms with Crippen LogP contribution in [0.5, 0.6) is 0 Å². The maximum Gasteiger partial charge on any atom is -0.147 e. The van der Waals surface area contributed by atoms with Crippen molar-refractivity contribution in [1.82, 2.24) is 0 Å². The molecule has 27 heavy (non-hydrogen) atoms. The van der Waals surface area contributed by atoms with Gasteiger partial charge in [-0.15, -0.1) is 24.8 Å². The van der Waals surface area contributed by atoms with Crippen LogP contribution in [0.15, 0.2) is 36.4 Å². The van der Waals surface area contributed by atoms with Gasteiger partial charge in [0.25, 0.3) is 0 Å². The molecule has 0 heterocycles. The Morgan fingerprint density at radius 2 is 0.926 bits per heavy atom. The second-order valence-corrected chi connectivity index (χ2v) is 16.6. The fourth-order valence-corrected chi connectivity index (χ4v) is 11.9. The second-order valence-electron chi connectivity index (χ2n) is 8.24. The first-order valence-corrected chi connectivity index (χ1v) is 12.7. The van der Waals surface area contributed by atoms with Crippen LogP contribution < -0.4 is 0 Å². The van der Waals surface area contributed by atoms with Gasteiger partial charge in [-0.25, -0.2) is 0 Å². The van der Waals surface area contributed by atoms with Crippen molar-refractivity contribution in [2.24, 2.45) is 0 Å². The summed E-state index contributed by atoms with van der Waals surface area (Å²) in [6, 6.07) is 9.68. The summed E-state index contributed by atoms with van der Waals surface area (Å²) in [5.74, 6) is 0. The molecule has 2 aliphatic carbocycles. The van der Waals surface area contributed by atoms with E-state index in [1.807, 2.05) is 0 Å². The zero-order valence-corrected chi connectivity index (χ0v) is 22.2. The molecule has 0 nitrogen and oxygen atoms in total. The standard InChI is InChI=1S/2C12H13.2ClH.Hf/c2*1-8-4-5-11-6-9(2)10(3)7-12(8)11;;;/h2*4-7H,1-3H3;2*1H;. The average Bonchev–Trinajstić information content (AvgIpc) is 3.00. The van der Waals surface area contributed by atoms with E-state index in [1.54, 1.807) is 11.1 Å². The monoisotopic (exact) mass is 566 g/mol. The van der Waals surface area contributed by atoms with Crippen LogP contribution in [-0.4, -0.2) is 0 Å². The molecule has 2 atom stereocenters. The zero-order valence-electron chi connectivity index (χ0n) is 16.9. The molecule has 2 aromatic carbocycles. The molecular formula is C24H28Cl2Hf. The molecule has 0 radical (unpaired) electrons. The van der Waals surface area contributed by atoms with E-state index < -0.39 is 22.9 Å². The Kier molecular flexibility index (Phi) is 6.42. The summed E-state index contributed by atoms with van der Waals surface area (Å²) in [7, 11) is 0. The minimum absolute atomic E-state index is 0. The molecule has 0 spiro atoms. The van der Waals surface area contributed by atoms with Crippen LogP contribution >= 0.6 is 24.8 Å². The maximum absolute atomic E-state index is 2.51. The van der Waals surface area contributed by atoms with Crippen molar-refractivity contribution in [2.45, 2.75) is 47.9 Å². The molecule has 0 saturated carbocycles. The van der Waals surface area contributed by atoms with E-state index in [0.29, 0.717) is 0 Å². The number of allylic oxidation sites excluding steroid dienone is 2. The number of rotatable bonds is 2. The SMILES string of the molecule is Cc1cc2c(cc1C)[C](C)([Hf][C]1(C)C=Cc3cc(C)c(C)cc31)C=C2.Cl.Cl. The minimum atomic E-state index is -1.11. The normalized spacial score (nSPS) is 24.1. The van der Waals surface area contributed by atoms with Crippen molar-refractivity contribution < 1.29 is 22.9 Å². The Balaban J connectivity index is 0.00000131. The smallest absolute Gasteiger partial charge is 0.147 e. The molecule has 0 fully saturated rings. The van der Waals surface area contributed by atoms with Gasteiger partial charge in [0, 0.05) is 0 Å². The molecular weight excluding hydrogens is 538 g/mol. The number of halogens is 2. The predicted octanol–water partition coefficient (Wildman–Crippen LogP) is 7.03. The Bertz CT molecular complexity index is 880. The summed E-state index contributed by atoms with van der Waals surface area (Å²) >= 11 is -1.11. The Morgan fingerprint density at radius 3 is 1.30 bits per heavy atom. The van der Waals surface area contributed by atoms with E-state index in [2.05, 4.69) is 90.1 Å². The molecule has 0 bridgehead atoms. The summed E-state index contributed by atoms with van der Waals surface area (Å²) in [4.78, 5) is 0. The van der Waals surface area contributed by atoms with Gasteiger partial charge in [0.1, 0.15) is 0 Å². The van der Waals surface area contributed by atoms with Crippen LogP contribution in [0.3, 0.4) is 0 Å². The number of fused-ring (bicyclic) bond motifs is 2. The van der Waals surface area contributed by atoms with Crippen molar-refractivity contribution in [3.63, 3.8) is 0 Å². The average molecular weight is 566 g/mol. The van der Waals surface area contributed by atoms with Crippen molar-refractivity contribution in [3.05, 3.63) is 80.9 Å². The van der Waals surface area contributed by atoms with Gasteiger partial charge in [-0.3, -0.25) is 0 Å². The first-order valence-electron chi connectivity index (χ1n) is 9.13. The third-order valence-corrected chi connectivity index (χ3v) is 13.0. The van der Waals surface area contributed by atoms with E-state index in [1.165, 1.54) is 33.4 Å². The first kappa shape index (κ1) is 22.7. The Morgan fingerprint density at radius 1 is 0.593 bits per heavy atom. The van der Waals surface area contributed by atoms with Crippen molar-refractivity contribution >= 4 is 37.0 Å². The largest absolute Gasteiger partial charge is 0.147 e. The number of hydrogen-bond acceptors (Lipinski definition) is 0. The summed E-state index contributed by atoms with van der Waals surface area (Å²) < 4.78 is 0.570. The Hall–Kier alpha value is -0.630. The predicted molar refractivity (Wildman–Crippen MR) is 119 cm³/mol. The van der Waals surface area contributed by atoms with E-state index in [9.17, 15) is 0 Å². The van der Waals surface area contributed by atoms with E-state index >= 15 is 0 Å². The summed E-state index contributed by atoms with van der Waals surface area (Å²) in [5.41, 5.74) is 11.7. The third kappa shape index (κ3) is 3.68. The molecule has 4 rings (SSSR count). The van der Waals surface area contributed by atoms with Gasteiger partial charge in [0.2, 0.25) is 0 Å². The van der Waals surface area contributed by atoms with Gasteiger partial charge in [0.15, 0.2) is 0 Å². The van der Waals surface area contributed by atoms with E-state index in [-0.39, 0.29) is 31.2 Å². The van der Waals surface area contributed by atoms with Crippen molar-refractivity contribution in [1.29, 1.82) is 0 Å². The maximum atomic E-state index is 2.51. The Labute approximate surface area is 187 Å². The van der Waals surface area contributed by atoms with Gasteiger partial charge >= 0.3 is 164 Å². The number of benzene rings is 2. The van der Waals surface area contributed by atoms with Gasteiger partial charge in [-0.2, -0.15) is 0 Å². The molecule has 3 heteroatoms.